The molecule has 0 saturated carbocycles. The molecule has 6 heteroatoms. The van der Waals surface area contributed by atoms with Crippen molar-refractivity contribution in [2.24, 2.45) is 0 Å². The number of rotatable bonds is 3. The number of hydrogen-bond acceptors (Lipinski definition) is 3. The van der Waals surface area contributed by atoms with Gasteiger partial charge in [-0.05, 0) is 43.3 Å². The van der Waals surface area contributed by atoms with E-state index < -0.39 is 0 Å². The van der Waals surface area contributed by atoms with E-state index in [1.54, 1.807) is 36.4 Å². The van der Waals surface area contributed by atoms with E-state index in [-0.39, 0.29) is 11.7 Å². The number of carbonyl (C=O) groups is 1. The minimum absolute atomic E-state index is 0.226. The molecule has 1 amide bonds. The van der Waals surface area contributed by atoms with Crippen LogP contribution in [0.3, 0.4) is 0 Å². The fraction of sp³-hybridized carbons (Fsp3) is 0.118. The molecule has 3 rings (SSSR count). The van der Waals surface area contributed by atoms with Gasteiger partial charge in [-0.2, -0.15) is 0 Å². The van der Waals surface area contributed by atoms with Gasteiger partial charge in [-0.15, -0.1) is 0 Å². The zero-order chi connectivity index (χ0) is 16.6. The first-order valence-electron chi connectivity index (χ1n) is 6.83. The van der Waals surface area contributed by atoms with E-state index in [0.717, 1.165) is 10.9 Å². The maximum atomic E-state index is 12.5. The normalized spacial score (nSPS) is 10.8. The minimum atomic E-state index is -0.379. The lowest BCUT2D eigenvalue weighted by Gasteiger charge is -2.09. The lowest BCUT2D eigenvalue weighted by Crippen LogP contribution is -2.12. The van der Waals surface area contributed by atoms with E-state index in [1.807, 2.05) is 6.92 Å². The number of aryl methyl sites for hydroxylation is 1. The Morgan fingerprint density at radius 2 is 1.83 bits per heavy atom. The van der Waals surface area contributed by atoms with E-state index in [2.05, 4.69) is 5.32 Å². The molecule has 0 saturated heterocycles. The molecule has 4 nitrogen and oxygen atoms in total. The number of fused-ring (bicyclic) bond motifs is 1. The van der Waals surface area contributed by atoms with Gasteiger partial charge in [0, 0.05) is 21.0 Å². The highest BCUT2D eigenvalue weighted by molar-refractivity contribution is 6.31. The molecule has 118 valence electrons. The van der Waals surface area contributed by atoms with Gasteiger partial charge in [-0.1, -0.05) is 23.2 Å². The highest BCUT2D eigenvalue weighted by atomic mass is 35.5. The SMILES string of the molecule is COc1ccc(Cl)cc1NC(=O)c1oc2ccc(Cl)cc2c1C. The third-order valence-electron chi connectivity index (χ3n) is 3.51. The van der Waals surface area contributed by atoms with E-state index in [9.17, 15) is 4.79 Å². The molecule has 0 fully saturated rings. The van der Waals surface area contributed by atoms with Crippen molar-refractivity contribution in [3.05, 3.63) is 57.8 Å². The lowest BCUT2D eigenvalue weighted by atomic mass is 10.1. The number of anilines is 1. The number of furan rings is 1. The zero-order valence-corrected chi connectivity index (χ0v) is 14.0. The zero-order valence-electron chi connectivity index (χ0n) is 12.4. The molecular formula is C17H13Cl2NO3. The van der Waals surface area contributed by atoms with Crippen molar-refractivity contribution in [3.63, 3.8) is 0 Å². The summed E-state index contributed by atoms with van der Waals surface area (Å²) < 4.78 is 10.9. The molecule has 0 aliphatic heterocycles. The number of amides is 1. The largest absolute Gasteiger partial charge is 0.495 e. The van der Waals surface area contributed by atoms with Crippen LogP contribution in [0.4, 0.5) is 5.69 Å². The fourth-order valence-corrected chi connectivity index (χ4v) is 2.71. The molecule has 2 aromatic carbocycles. The first kappa shape index (κ1) is 15.7. The van der Waals surface area contributed by atoms with Crippen molar-refractivity contribution < 1.29 is 13.9 Å². The van der Waals surface area contributed by atoms with Crippen LogP contribution in [0.1, 0.15) is 16.1 Å². The standard InChI is InChI=1S/C17H13Cl2NO3/c1-9-12-7-10(18)3-5-14(12)23-16(9)17(21)20-13-8-11(19)4-6-15(13)22-2/h3-8H,1-2H3,(H,20,21). The van der Waals surface area contributed by atoms with Gasteiger partial charge < -0.3 is 14.5 Å². The summed E-state index contributed by atoms with van der Waals surface area (Å²) in [5, 5.41) is 4.65. The van der Waals surface area contributed by atoms with Crippen molar-refractivity contribution in [2.75, 3.05) is 12.4 Å². The summed E-state index contributed by atoms with van der Waals surface area (Å²) in [7, 11) is 1.52. The number of carbonyl (C=O) groups excluding carboxylic acids is 1. The van der Waals surface area contributed by atoms with Gasteiger partial charge in [0.05, 0.1) is 12.8 Å². The highest BCUT2D eigenvalue weighted by Gasteiger charge is 2.19. The predicted molar refractivity (Wildman–Crippen MR) is 91.9 cm³/mol. The van der Waals surface area contributed by atoms with Crippen LogP contribution in [0.5, 0.6) is 5.75 Å². The van der Waals surface area contributed by atoms with Crippen molar-refractivity contribution in [2.45, 2.75) is 6.92 Å². The molecule has 0 aliphatic rings. The van der Waals surface area contributed by atoms with Gasteiger partial charge in [0.2, 0.25) is 0 Å². The van der Waals surface area contributed by atoms with Crippen LogP contribution in [-0.4, -0.2) is 13.0 Å². The summed E-state index contributed by atoms with van der Waals surface area (Å²) in [5.74, 6) is 0.360. The number of ether oxygens (including phenoxy) is 1. The van der Waals surface area contributed by atoms with Crippen molar-refractivity contribution in [3.8, 4) is 5.75 Å². The van der Waals surface area contributed by atoms with Crippen LogP contribution in [0.15, 0.2) is 40.8 Å². The molecule has 0 unspecified atom stereocenters. The molecule has 1 heterocycles. The summed E-state index contributed by atoms with van der Waals surface area (Å²) in [6, 6.07) is 10.2. The molecule has 1 N–H and O–H groups in total. The second kappa shape index (κ2) is 6.14. The number of halogens is 2. The van der Waals surface area contributed by atoms with E-state index in [4.69, 9.17) is 32.4 Å². The Balaban J connectivity index is 1.98. The number of nitrogens with one attached hydrogen (secondary N) is 1. The van der Waals surface area contributed by atoms with Crippen LogP contribution in [0, 0.1) is 6.92 Å². The van der Waals surface area contributed by atoms with Crippen molar-refractivity contribution in [1.29, 1.82) is 0 Å². The lowest BCUT2D eigenvalue weighted by molar-refractivity contribution is 0.0997. The molecule has 0 radical (unpaired) electrons. The Hall–Kier alpha value is -2.17. The summed E-state index contributed by atoms with van der Waals surface area (Å²) >= 11 is 12.0. The molecule has 23 heavy (non-hydrogen) atoms. The topological polar surface area (TPSA) is 51.5 Å². The van der Waals surface area contributed by atoms with Crippen LogP contribution in [0.25, 0.3) is 11.0 Å². The highest BCUT2D eigenvalue weighted by Crippen LogP contribution is 2.31. The Morgan fingerprint density at radius 3 is 2.57 bits per heavy atom. The predicted octanol–water partition coefficient (Wildman–Crippen LogP) is 5.31. The van der Waals surface area contributed by atoms with Gasteiger partial charge in [-0.3, -0.25) is 4.79 Å². The third kappa shape index (κ3) is 3.00. The molecule has 0 bridgehead atoms. The first-order valence-corrected chi connectivity index (χ1v) is 7.58. The van der Waals surface area contributed by atoms with Crippen LogP contribution in [-0.2, 0) is 0 Å². The first-order chi connectivity index (χ1) is 11.0. The van der Waals surface area contributed by atoms with E-state index >= 15 is 0 Å². The van der Waals surface area contributed by atoms with E-state index in [0.29, 0.717) is 27.1 Å². The van der Waals surface area contributed by atoms with Crippen LogP contribution < -0.4 is 10.1 Å². The Bertz CT molecular complexity index is 902. The Kier molecular flexibility index (Phi) is 4.20. The average molecular weight is 350 g/mol. The maximum Gasteiger partial charge on any atom is 0.291 e. The molecule has 0 aliphatic carbocycles. The van der Waals surface area contributed by atoms with Gasteiger partial charge >= 0.3 is 0 Å². The molecule has 0 atom stereocenters. The number of hydrogen-bond donors (Lipinski definition) is 1. The minimum Gasteiger partial charge on any atom is -0.495 e. The van der Waals surface area contributed by atoms with Gasteiger partial charge in [-0.25, -0.2) is 0 Å². The van der Waals surface area contributed by atoms with Crippen LogP contribution >= 0.6 is 23.2 Å². The third-order valence-corrected chi connectivity index (χ3v) is 3.98. The summed E-state index contributed by atoms with van der Waals surface area (Å²) in [4.78, 5) is 12.5. The number of methoxy groups -OCH3 is 1. The van der Waals surface area contributed by atoms with Gasteiger partial charge in [0.25, 0.3) is 5.91 Å². The Labute approximate surface area is 142 Å². The monoisotopic (exact) mass is 349 g/mol. The van der Waals surface area contributed by atoms with Crippen LogP contribution in [0.2, 0.25) is 10.0 Å². The van der Waals surface area contributed by atoms with Crippen molar-refractivity contribution >= 4 is 45.8 Å². The molecular weight excluding hydrogens is 337 g/mol. The molecule has 0 spiro atoms. The second-order valence-corrected chi connectivity index (χ2v) is 5.87. The number of benzene rings is 2. The van der Waals surface area contributed by atoms with Gasteiger partial charge in [0.1, 0.15) is 11.3 Å². The summed E-state index contributed by atoms with van der Waals surface area (Å²) in [5.41, 5.74) is 1.80. The molecule has 1 aromatic heterocycles. The van der Waals surface area contributed by atoms with E-state index in [1.165, 1.54) is 7.11 Å². The fourth-order valence-electron chi connectivity index (χ4n) is 2.37. The smallest absolute Gasteiger partial charge is 0.291 e. The summed E-state index contributed by atoms with van der Waals surface area (Å²) in [6.45, 7) is 1.81. The van der Waals surface area contributed by atoms with Gasteiger partial charge in [0.15, 0.2) is 5.76 Å². The average Bonchev–Trinajstić information content (AvgIpc) is 2.84. The Morgan fingerprint density at radius 1 is 1.13 bits per heavy atom. The second-order valence-electron chi connectivity index (χ2n) is 5.00. The van der Waals surface area contributed by atoms with Crippen molar-refractivity contribution in [1.82, 2.24) is 0 Å². The maximum absolute atomic E-state index is 12.5. The summed E-state index contributed by atoms with van der Waals surface area (Å²) in [6.07, 6.45) is 0. The molecule has 3 aromatic rings. The quantitative estimate of drug-likeness (QED) is 0.697.